The average molecular weight is 488 g/mol. The number of nitrogens with one attached hydrogen (secondary N) is 1. The van der Waals surface area contributed by atoms with Gasteiger partial charge < -0.3 is 24.6 Å². The van der Waals surface area contributed by atoms with Crippen LogP contribution < -0.4 is 5.32 Å². The second-order valence-electron chi connectivity index (χ2n) is 7.37. The molecule has 1 aromatic carbocycles. The minimum absolute atomic E-state index is 0. The van der Waals surface area contributed by atoms with Crippen LogP contribution in [0.3, 0.4) is 0 Å². The zero-order valence-electron chi connectivity index (χ0n) is 16.7. The highest BCUT2D eigenvalue weighted by molar-refractivity contribution is 14.0. The van der Waals surface area contributed by atoms with Crippen LogP contribution in [0.15, 0.2) is 29.3 Å². The molecule has 0 aliphatic carbocycles. The molecular weight excluding hydrogens is 455 g/mol. The van der Waals surface area contributed by atoms with Crippen molar-refractivity contribution < 1.29 is 9.47 Å². The highest BCUT2D eigenvalue weighted by Gasteiger charge is 2.32. The lowest BCUT2D eigenvalue weighted by Gasteiger charge is -2.37. The molecule has 0 bridgehead atoms. The molecule has 2 heterocycles. The molecule has 2 saturated heterocycles. The largest absolute Gasteiger partial charge is 0.375 e. The molecule has 0 aromatic heterocycles. The van der Waals surface area contributed by atoms with Crippen molar-refractivity contribution in [2.75, 3.05) is 47.4 Å². The normalized spacial score (nSPS) is 23.4. The van der Waals surface area contributed by atoms with Crippen molar-refractivity contribution in [3.05, 3.63) is 35.4 Å². The van der Waals surface area contributed by atoms with Crippen molar-refractivity contribution in [1.82, 2.24) is 15.1 Å². The average Bonchev–Trinajstić information content (AvgIpc) is 3.17. The zero-order valence-corrected chi connectivity index (χ0v) is 19.0. The molecular formula is C20H33IN4O2. The fraction of sp³-hybridized carbons (Fsp3) is 0.650. The van der Waals surface area contributed by atoms with Crippen molar-refractivity contribution in [3.63, 3.8) is 0 Å². The van der Waals surface area contributed by atoms with E-state index in [1.54, 1.807) is 0 Å². The number of ether oxygens (including phenoxy) is 2. The number of morpholine rings is 1. The number of guanidine groups is 1. The Bertz CT molecular complexity index is 605. The molecule has 0 radical (unpaired) electrons. The molecule has 6 nitrogen and oxygen atoms in total. The van der Waals surface area contributed by atoms with Crippen LogP contribution >= 0.6 is 24.0 Å². The summed E-state index contributed by atoms with van der Waals surface area (Å²) in [5.74, 6) is 0.939. The quantitative estimate of drug-likeness (QED) is 0.392. The monoisotopic (exact) mass is 488 g/mol. The first kappa shape index (κ1) is 22.4. The lowest BCUT2D eigenvalue weighted by Crippen LogP contribution is -2.53. The summed E-state index contributed by atoms with van der Waals surface area (Å²) in [5.41, 5.74) is 2.60. The van der Waals surface area contributed by atoms with E-state index in [0.29, 0.717) is 0 Å². The van der Waals surface area contributed by atoms with E-state index in [1.807, 2.05) is 7.05 Å². The van der Waals surface area contributed by atoms with E-state index in [9.17, 15) is 0 Å². The molecule has 3 rings (SSSR count). The fourth-order valence-electron chi connectivity index (χ4n) is 3.71. The van der Waals surface area contributed by atoms with Gasteiger partial charge in [0.05, 0.1) is 12.7 Å². The van der Waals surface area contributed by atoms with Crippen LogP contribution in [0.2, 0.25) is 0 Å². The lowest BCUT2D eigenvalue weighted by molar-refractivity contribution is -0.0817. The van der Waals surface area contributed by atoms with E-state index in [1.165, 1.54) is 11.1 Å². The third-order valence-corrected chi connectivity index (χ3v) is 4.93. The number of benzene rings is 1. The van der Waals surface area contributed by atoms with Gasteiger partial charge in [-0.05, 0) is 38.1 Å². The predicted molar refractivity (Wildman–Crippen MR) is 120 cm³/mol. The number of hydrogen-bond donors (Lipinski definition) is 1. The van der Waals surface area contributed by atoms with Gasteiger partial charge in [-0.1, -0.05) is 24.3 Å². The molecule has 27 heavy (non-hydrogen) atoms. The van der Waals surface area contributed by atoms with Gasteiger partial charge in [0, 0.05) is 39.8 Å². The van der Waals surface area contributed by atoms with Gasteiger partial charge in [0.15, 0.2) is 5.96 Å². The SMILES string of the molecule is CN=C(NCc1cccc(CN(C)C)c1)N1CCOC(C2CCCO2)C1.I. The van der Waals surface area contributed by atoms with Gasteiger partial charge in [-0.3, -0.25) is 4.99 Å². The molecule has 1 N–H and O–H groups in total. The smallest absolute Gasteiger partial charge is 0.194 e. The van der Waals surface area contributed by atoms with Crippen LogP contribution in [0.25, 0.3) is 0 Å². The third-order valence-electron chi connectivity index (χ3n) is 4.93. The lowest BCUT2D eigenvalue weighted by atomic mass is 10.1. The van der Waals surface area contributed by atoms with Crippen molar-refractivity contribution in [2.45, 2.75) is 38.1 Å². The fourth-order valence-corrected chi connectivity index (χ4v) is 3.71. The summed E-state index contributed by atoms with van der Waals surface area (Å²) in [6.45, 7) is 5.02. The number of halogens is 1. The Morgan fingerprint density at radius 1 is 1.22 bits per heavy atom. The first-order chi connectivity index (χ1) is 12.7. The summed E-state index contributed by atoms with van der Waals surface area (Å²) in [4.78, 5) is 8.96. The topological polar surface area (TPSA) is 49.3 Å². The first-order valence-electron chi connectivity index (χ1n) is 9.57. The molecule has 0 spiro atoms. The minimum atomic E-state index is 0. The number of rotatable bonds is 5. The van der Waals surface area contributed by atoms with E-state index in [0.717, 1.165) is 58.2 Å². The van der Waals surface area contributed by atoms with Crippen LogP contribution in [-0.2, 0) is 22.6 Å². The standard InChI is InChI=1S/C20H32N4O2.HI/c1-21-20(22-13-16-6-4-7-17(12-16)14-23(2)3)24-9-11-26-19(15-24)18-8-5-10-25-18;/h4,6-7,12,18-19H,5,8-11,13-15H2,1-3H3,(H,21,22);1H. The van der Waals surface area contributed by atoms with E-state index in [2.05, 4.69) is 58.5 Å². The molecule has 2 aliphatic heterocycles. The molecule has 0 amide bonds. The van der Waals surface area contributed by atoms with Crippen LogP contribution in [0.5, 0.6) is 0 Å². The predicted octanol–water partition coefficient (Wildman–Crippen LogP) is 2.32. The van der Waals surface area contributed by atoms with E-state index in [4.69, 9.17) is 9.47 Å². The Morgan fingerprint density at radius 3 is 2.70 bits per heavy atom. The van der Waals surface area contributed by atoms with Crippen LogP contribution in [0.1, 0.15) is 24.0 Å². The Balaban J connectivity index is 0.00000261. The van der Waals surface area contributed by atoms with Crippen LogP contribution in [-0.4, -0.2) is 75.4 Å². The van der Waals surface area contributed by atoms with Crippen molar-refractivity contribution in [2.24, 2.45) is 4.99 Å². The molecule has 2 fully saturated rings. The maximum absolute atomic E-state index is 5.95. The molecule has 2 atom stereocenters. The summed E-state index contributed by atoms with van der Waals surface area (Å²) >= 11 is 0. The molecule has 2 aliphatic rings. The summed E-state index contributed by atoms with van der Waals surface area (Å²) in [6.07, 6.45) is 2.62. The van der Waals surface area contributed by atoms with E-state index < -0.39 is 0 Å². The maximum atomic E-state index is 5.95. The Morgan fingerprint density at radius 2 is 2.00 bits per heavy atom. The Kier molecular flexibility index (Phi) is 9.28. The number of aliphatic imine (C=N–C) groups is 1. The van der Waals surface area contributed by atoms with Gasteiger partial charge in [-0.15, -0.1) is 24.0 Å². The number of nitrogens with zero attached hydrogens (tertiary/aromatic N) is 3. The van der Waals surface area contributed by atoms with E-state index >= 15 is 0 Å². The molecule has 2 unspecified atom stereocenters. The van der Waals surface area contributed by atoms with Crippen molar-refractivity contribution >= 4 is 29.9 Å². The van der Waals surface area contributed by atoms with Crippen molar-refractivity contribution in [1.29, 1.82) is 0 Å². The molecule has 1 aromatic rings. The summed E-state index contributed by atoms with van der Waals surface area (Å²) in [6, 6.07) is 8.72. The van der Waals surface area contributed by atoms with Crippen LogP contribution in [0.4, 0.5) is 0 Å². The van der Waals surface area contributed by atoms with E-state index in [-0.39, 0.29) is 36.2 Å². The van der Waals surface area contributed by atoms with Gasteiger partial charge in [-0.2, -0.15) is 0 Å². The summed E-state index contributed by atoms with van der Waals surface area (Å²) in [7, 11) is 6.03. The summed E-state index contributed by atoms with van der Waals surface area (Å²) in [5, 5.41) is 3.51. The first-order valence-corrected chi connectivity index (χ1v) is 9.57. The van der Waals surface area contributed by atoms with Gasteiger partial charge in [0.2, 0.25) is 0 Å². The van der Waals surface area contributed by atoms with Gasteiger partial charge in [-0.25, -0.2) is 0 Å². The van der Waals surface area contributed by atoms with Crippen LogP contribution in [0, 0.1) is 0 Å². The highest BCUT2D eigenvalue weighted by Crippen LogP contribution is 2.21. The highest BCUT2D eigenvalue weighted by atomic mass is 127. The minimum Gasteiger partial charge on any atom is -0.375 e. The Hall–Kier alpha value is -0.900. The Labute approximate surface area is 180 Å². The van der Waals surface area contributed by atoms with Gasteiger partial charge in [0.25, 0.3) is 0 Å². The third kappa shape index (κ3) is 6.58. The van der Waals surface area contributed by atoms with Gasteiger partial charge in [0.1, 0.15) is 6.10 Å². The second kappa shape index (κ2) is 11.2. The molecule has 7 heteroatoms. The molecule has 0 saturated carbocycles. The summed E-state index contributed by atoms with van der Waals surface area (Å²) < 4.78 is 11.8. The van der Waals surface area contributed by atoms with Gasteiger partial charge >= 0.3 is 0 Å². The molecule has 152 valence electrons. The number of hydrogen-bond acceptors (Lipinski definition) is 4. The second-order valence-corrected chi connectivity index (χ2v) is 7.37. The zero-order chi connectivity index (χ0) is 18.4. The maximum Gasteiger partial charge on any atom is 0.194 e. The van der Waals surface area contributed by atoms with Crippen molar-refractivity contribution in [3.8, 4) is 0 Å².